The van der Waals surface area contributed by atoms with Crippen LogP contribution in [0.1, 0.15) is 46.5 Å². The first kappa shape index (κ1) is 9.50. The third-order valence-electron chi connectivity index (χ3n) is 2.57. The fraction of sp³-hybridized carbons (Fsp3) is 0.727. The first-order chi connectivity index (χ1) is 5.52. The van der Waals surface area contributed by atoms with Gasteiger partial charge >= 0.3 is 0 Å². The summed E-state index contributed by atoms with van der Waals surface area (Å²) in [5.41, 5.74) is 1.61. The Morgan fingerprint density at radius 1 is 1.67 bits per heavy atom. The Hall–Kier alpha value is -0.590. The maximum Gasteiger partial charge on any atom is 0.130 e. The molecule has 1 nitrogen and oxygen atoms in total. The molecule has 1 aliphatic carbocycles. The van der Waals surface area contributed by atoms with Gasteiger partial charge in [0.05, 0.1) is 0 Å². The lowest BCUT2D eigenvalue weighted by Gasteiger charge is -2.29. The maximum atomic E-state index is 11.0. The standard InChI is InChI=1S/C11H18O/c1-9-5-4-6-11(3,7-9)8-10(2)12/h7H,4-6,8H2,1-3H3. The molecular weight excluding hydrogens is 148 g/mol. The number of hydrogen-bond donors (Lipinski definition) is 0. The van der Waals surface area contributed by atoms with Crippen molar-refractivity contribution in [3.05, 3.63) is 11.6 Å². The summed E-state index contributed by atoms with van der Waals surface area (Å²) in [6.45, 7) is 6.04. The van der Waals surface area contributed by atoms with E-state index in [0.29, 0.717) is 12.2 Å². The predicted molar refractivity (Wildman–Crippen MR) is 51.0 cm³/mol. The number of ketones is 1. The highest BCUT2D eigenvalue weighted by Crippen LogP contribution is 2.36. The zero-order chi connectivity index (χ0) is 9.19. The molecule has 1 atom stereocenters. The first-order valence-electron chi connectivity index (χ1n) is 4.70. The number of hydrogen-bond acceptors (Lipinski definition) is 1. The molecule has 1 unspecified atom stereocenters. The minimum absolute atomic E-state index is 0.161. The fourth-order valence-electron chi connectivity index (χ4n) is 2.22. The van der Waals surface area contributed by atoms with E-state index in [1.807, 2.05) is 0 Å². The number of allylic oxidation sites excluding steroid dienone is 2. The first-order valence-corrected chi connectivity index (χ1v) is 4.70. The lowest BCUT2D eigenvalue weighted by Crippen LogP contribution is -2.20. The topological polar surface area (TPSA) is 17.1 Å². The molecule has 0 fully saturated rings. The summed E-state index contributed by atoms with van der Waals surface area (Å²) in [4.78, 5) is 11.0. The van der Waals surface area contributed by atoms with Crippen molar-refractivity contribution in [1.29, 1.82) is 0 Å². The molecule has 0 saturated carbocycles. The van der Waals surface area contributed by atoms with Gasteiger partial charge in [0.1, 0.15) is 5.78 Å². The number of carbonyl (C=O) groups excluding carboxylic acids is 1. The molecule has 0 N–H and O–H groups in total. The Kier molecular flexibility index (Phi) is 2.71. The minimum atomic E-state index is 0.161. The van der Waals surface area contributed by atoms with Gasteiger partial charge in [0, 0.05) is 6.42 Å². The molecular formula is C11H18O. The van der Waals surface area contributed by atoms with Gasteiger partial charge < -0.3 is 0 Å². The molecule has 1 heteroatoms. The molecule has 0 spiro atoms. The molecule has 68 valence electrons. The van der Waals surface area contributed by atoms with Crippen LogP contribution in [0.4, 0.5) is 0 Å². The molecule has 1 aliphatic rings. The van der Waals surface area contributed by atoms with E-state index in [1.54, 1.807) is 6.92 Å². The van der Waals surface area contributed by atoms with E-state index in [1.165, 1.54) is 24.8 Å². The van der Waals surface area contributed by atoms with Crippen LogP contribution < -0.4 is 0 Å². The molecule has 0 aromatic heterocycles. The molecule has 0 aromatic rings. The molecule has 1 rings (SSSR count). The summed E-state index contributed by atoms with van der Waals surface area (Å²) in [6.07, 6.45) is 6.63. The van der Waals surface area contributed by atoms with Crippen LogP contribution in [-0.4, -0.2) is 5.78 Å². The van der Waals surface area contributed by atoms with Crippen molar-refractivity contribution >= 4 is 5.78 Å². The summed E-state index contributed by atoms with van der Waals surface area (Å²) >= 11 is 0. The Bertz CT molecular complexity index is 215. The highest BCUT2D eigenvalue weighted by atomic mass is 16.1. The molecule has 0 aromatic carbocycles. The monoisotopic (exact) mass is 166 g/mol. The van der Waals surface area contributed by atoms with Crippen LogP contribution in [0, 0.1) is 5.41 Å². The van der Waals surface area contributed by atoms with Gasteiger partial charge in [0.25, 0.3) is 0 Å². The normalized spacial score (nSPS) is 29.8. The van der Waals surface area contributed by atoms with Gasteiger partial charge in [-0.3, -0.25) is 4.79 Å². The van der Waals surface area contributed by atoms with Crippen LogP contribution in [0.3, 0.4) is 0 Å². The van der Waals surface area contributed by atoms with E-state index in [2.05, 4.69) is 19.9 Å². The molecule has 0 amide bonds. The summed E-state index contributed by atoms with van der Waals surface area (Å²) in [7, 11) is 0. The smallest absolute Gasteiger partial charge is 0.130 e. The van der Waals surface area contributed by atoms with Crippen molar-refractivity contribution in [3.63, 3.8) is 0 Å². The lowest BCUT2D eigenvalue weighted by molar-refractivity contribution is -0.118. The number of rotatable bonds is 2. The second-order valence-corrected chi connectivity index (χ2v) is 4.38. The summed E-state index contributed by atoms with van der Waals surface area (Å²) < 4.78 is 0. The predicted octanol–water partition coefficient (Wildman–Crippen LogP) is 3.10. The average molecular weight is 166 g/mol. The Balaban J connectivity index is 2.69. The zero-order valence-corrected chi connectivity index (χ0v) is 8.31. The van der Waals surface area contributed by atoms with Gasteiger partial charge in [-0.2, -0.15) is 0 Å². The van der Waals surface area contributed by atoms with Crippen molar-refractivity contribution in [2.24, 2.45) is 5.41 Å². The Labute approximate surface area is 74.9 Å². The molecule has 0 heterocycles. The van der Waals surface area contributed by atoms with Crippen LogP contribution >= 0.6 is 0 Å². The van der Waals surface area contributed by atoms with E-state index in [0.717, 1.165) is 0 Å². The van der Waals surface area contributed by atoms with Crippen LogP contribution in [-0.2, 0) is 4.79 Å². The van der Waals surface area contributed by atoms with E-state index >= 15 is 0 Å². The van der Waals surface area contributed by atoms with E-state index in [9.17, 15) is 4.79 Å². The second kappa shape index (κ2) is 3.42. The lowest BCUT2D eigenvalue weighted by atomic mass is 9.75. The van der Waals surface area contributed by atoms with Gasteiger partial charge in [0.15, 0.2) is 0 Å². The summed E-state index contributed by atoms with van der Waals surface area (Å²) in [6, 6.07) is 0. The molecule has 12 heavy (non-hydrogen) atoms. The number of carbonyl (C=O) groups is 1. The van der Waals surface area contributed by atoms with Crippen molar-refractivity contribution in [2.45, 2.75) is 46.5 Å². The molecule has 0 aliphatic heterocycles. The minimum Gasteiger partial charge on any atom is -0.300 e. The van der Waals surface area contributed by atoms with Crippen molar-refractivity contribution in [3.8, 4) is 0 Å². The maximum absolute atomic E-state index is 11.0. The molecule has 0 bridgehead atoms. The van der Waals surface area contributed by atoms with Gasteiger partial charge in [-0.25, -0.2) is 0 Å². The van der Waals surface area contributed by atoms with Gasteiger partial charge in [-0.15, -0.1) is 0 Å². The Morgan fingerprint density at radius 3 is 2.83 bits per heavy atom. The zero-order valence-electron chi connectivity index (χ0n) is 8.31. The van der Waals surface area contributed by atoms with E-state index < -0.39 is 0 Å². The summed E-state index contributed by atoms with van der Waals surface area (Å²) in [5, 5.41) is 0. The van der Waals surface area contributed by atoms with Crippen LogP contribution in [0.5, 0.6) is 0 Å². The van der Waals surface area contributed by atoms with Gasteiger partial charge in [-0.1, -0.05) is 18.6 Å². The largest absolute Gasteiger partial charge is 0.300 e. The van der Waals surface area contributed by atoms with Crippen LogP contribution in [0.15, 0.2) is 11.6 Å². The van der Waals surface area contributed by atoms with Crippen molar-refractivity contribution in [1.82, 2.24) is 0 Å². The van der Waals surface area contributed by atoms with E-state index in [4.69, 9.17) is 0 Å². The highest BCUT2D eigenvalue weighted by Gasteiger charge is 2.25. The number of Topliss-reactive ketones (excluding diaryl/α,β-unsaturated/α-hetero) is 1. The van der Waals surface area contributed by atoms with Gasteiger partial charge in [-0.05, 0) is 38.5 Å². The van der Waals surface area contributed by atoms with Crippen LogP contribution in [0.25, 0.3) is 0 Å². The Morgan fingerprint density at radius 2 is 2.33 bits per heavy atom. The third kappa shape index (κ3) is 2.47. The van der Waals surface area contributed by atoms with Crippen LogP contribution in [0.2, 0.25) is 0 Å². The van der Waals surface area contributed by atoms with Crippen molar-refractivity contribution in [2.75, 3.05) is 0 Å². The summed E-state index contributed by atoms with van der Waals surface area (Å²) in [5.74, 6) is 0.309. The van der Waals surface area contributed by atoms with E-state index in [-0.39, 0.29) is 5.41 Å². The highest BCUT2D eigenvalue weighted by molar-refractivity contribution is 5.76. The average Bonchev–Trinajstić information content (AvgIpc) is 1.82. The fourth-order valence-corrected chi connectivity index (χ4v) is 2.22. The third-order valence-corrected chi connectivity index (χ3v) is 2.57. The van der Waals surface area contributed by atoms with Crippen molar-refractivity contribution < 1.29 is 4.79 Å². The second-order valence-electron chi connectivity index (χ2n) is 4.38. The SMILES string of the molecule is CC(=O)CC1(C)C=C(C)CCC1. The quantitative estimate of drug-likeness (QED) is 0.576. The molecule has 0 saturated heterocycles. The molecule has 0 radical (unpaired) electrons. The van der Waals surface area contributed by atoms with Gasteiger partial charge in [0.2, 0.25) is 0 Å².